The molecule has 0 unspecified atom stereocenters. The summed E-state index contributed by atoms with van der Waals surface area (Å²) in [7, 11) is 0. The molecule has 1 atom stereocenters. The molecule has 1 amide bonds. The van der Waals surface area contributed by atoms with Gasteiger partial charge in [0.05, 0.1) is 0 Å². The number of hydroxylamine groups is 1. The van der Waals surface area contributed by atoms with Crippen LogP contribution in [0.4, 0.5) is 0 Å². The van der Waals surface area contributed by atoms with Crippen molar-refractivity contribution in [3.05, 3.63) is 29.9 Å². The van der Waals surface area contributed by atoms with Gasteiger partial charge in [0.15, 0.2) is 0 Å². The third kappa shape index (κ3) is 5.60. The van der Waals surface area contributed by atoms with E-state index in [4.69, 9.17) is 9.73 Å². The lowest BCUT2D eigenvalue weighted by Gasteiger charge is -2.22. The first-order chi connectivity index (χ1) is 13.2. The van der Waals surface area contributed by atoms with E-state index in [0.29, 0.717) is 11.7 Å². The van der Waals surface area contributed by atoms with Crippen LogP contribution >= 0.6 is 0 Å². The lowest BCUT2D eigenvalue weighted by molar-refractivity contribution is -0.129. The molecule has 7 heteroatoms. The third-order valence-corrected chi connectivity index (χ3v) is 5.41. The first kappa shape index (κ1) is 19.5. The minimum Gasteiger partial charge on any atom is -0.339 e. The van der Waals surface area contributed by atoms with Crippen LogP contribution in [0.2, 0.25) is 0 Å². The second-order valence-electron chi connectivity index (χ2n) is 7.52. The van der Waals surface area contributed by atoms with E-state index in [2.05, 4.69) is 15.1 Å². The van der Waals surface area contributed by atoms with Crippen LogP contribution in [-0.4, -0.2) is 26.2 Å². The SMILES string of the molecule is Cc1ccc(-c2noc([C@H](CCCC3CCCCC3)CC(=O)NO)n2)cn1. The second kappa shape index (κ2) is 9.60. The highest BCUT2D eigenvalue weighted by molar-refractivity contribution is 5.75. The van der Waals surface area contributed by atoms with Gasteiger partial charge in [-0.2, -0.15) is 4.98 Å². The molecule has 1 aliphatic carbocycles. The highest BCUT2D eigenvalue weighted by Gasteiger charge is 2.23. The zero-order valence-corrected chi connectivity index (χ0v) is 15.9. The molecule has 1 aliphatic rings. The highest BCUT2D eigenvalue weighted by Crippen LogP contribution is 2.31. The monoisotopic (exact) mass is 372 g/mol. The Hall–Kier alpha value is -2.28. The largest absolute Gasteiger partial charge is 0.339 e. The number of hydrogen-bond acceptors (Lipinski definition) is 6. The Morgan fingerprint density at radius 1 is 1.33 bits per heavy atom. The van der Waals surface area contributed by atoms with Gasteiger partial charge in [-0.05, 0) is 31.4 Å². The summed E-state index contributed by atoms with van der Waals surface area (Å²) in [4.78, 5) is 20.5. The molecule has 0 bridgehead atoms. The maximum atomic E-state index is 11.7. The fourth-order valence-electron chi connectivity index (χ4n) is 3.83. The van der Waals surface area contributed by atoms with Crippen LogP contribution in [0.3, 0.4) is 0 Å². The molecule has 0 spiro atoms. The van der Waals surface area contributed by atoms with E-state index in [1.807, 2.05) is 19.1 Å². The summed E-state index contributed by atoms with van der Waals surface area (Å²) < 4.78 is 5.45. The molecule has 2 aromatic rings. The highest BCUT2D eigenvalue weighted by atomic mass is 16.5. The van der Waals surface area contributed by atoms with Crippen LogP contribution in [-0.2, 0) is 4.79 Å². The molecule has 2 N–H and O–H groups in total. The number of carbonyl (C=O) groups excluding carboxylic acids is 1. The topological polar surface area (TPSA) is 101 Å². The quantitative estimate of drug-likeness (QED) is 0.533. The van der Waals surface area contributed by atoms with E-state index in [1.165, 1.54) is 38.5 Å². The number of rotatable bonds is 8. The standard InChI is InChI=1S/C20H28N4O3/c1-14-10-11-17(13-21-14)19-22-20(27-24-19)16(12-18(25)23-26)9-5-8-15-6-3-2-4-7-15/h10-11,13,15-16,26H,2-9,12H2,1H3,(H,23,25)/t16-/m1/s1. The Kier molecular flexibility index (Phi) is 6.92. The third-order valence-electron chi connectivity index (χ3n) is 5.41. The molecule has 3 rings (SSSR count). The van der Waals surface area contributed by atoms with Gasteiger partial charge in [-0.1, -0.05) is 50.1 Å². The molecule has 0 aromatic carbocycles. The zero-order valence-electron chi connectivity index (χ0n) is 15.9. The molecule has 2 heterocycles. The fourth-order valence-corrected chi connectivity index (χ4v) is 3.83. The Labute approximate surface area is 159 Å². The summed E-state index contributed by atoms with van der Waals surface area (Å²) >= 11 is 0. The predicted molar refractivity (Wildman–Crippen MR) is 100.0 cm³/mol. The van der Waals surface area contributed by atoms with Crippen LogP contribution in [0.15, 0.2) is 22.9 Å². The number of nitrogens with one attached hydrogen (secondary N) is 1. The molecule has 0 saturated heterocycles. The number of carbonyl (C=O) groups is 1. The molecular weight excluding hydrogens is 344 g/mol. The second-order valence-corrected chi connectivity index (χ2v) is 7.52. The molecule has 146 valence electrons. The number of aryl methyl sites for hydroxylation is 1. The first-order valence-corrected chi connectivity index (χ1v) is 9.85. The minimum atomic E-state index is -0.436. The van der Waals surface area contributed by atoms with Gasteiger partial charge in [-0.25, -0.2) is 5.48 Å². The van der Waals surface area contributed by atoms with Crippen molar-refractivity contribution in [3.8, 4) is 11.4 Å². The number of aromatic nitrogens is 3. The van der Waals surface area contributed by atoms with Gasteiger partial charge in [0, 0.05) is 29.8 Å². The van der Waals surface area contributed by atoms with E-state index in [-0.39, 0.29) is 12.3 Å². The zero-order chi connectivity index (χ0) is 19.1. The van der Waals surface area contributed by atoms with Gasteiger partial charge in [0.2, 0.25) is 17.6 Å². The molecule has 1 saturated carbocycles. The van der Waals surface area contributed by atoms with Gasteiger partial charge in [0.1, 0.15) is 0 Å². The van der Waals surface area contributed by atoms with Crippen molar-refractivity contribution in [1.82, 2.24) is 20.6 Å². The Bertz CT molecular complexity index is 723. The molecule has 0 radical (unpaired) electrons. The van der Waals surface area contributed by atoms with Crippen molar-refractivity contribution in [2.75, 3.05) is 0 Å². The first-order valence-electron chi connectivity index (χ1n) is 9.85. The average Bonchev–Trinajstić information content (AvgIpc) is 3.18. The van der Waals surface area contributed by atoms with E-state index in [9.17, 15) is 4.79 Å². The smallest absolute Gasteiger partial charge is 0.244 e. The number of hydrogen-bond donors (Lipinski definition) is 2. The molecular formula is C20H28N4O3. The van der Waals surface area contributed by atoms with Gasteiger partial charge >= 0.3 is 0 Å². The summed E-state index contributed by atoms with van der Waals surface area (Å²) in [5, 5.41) is 12.9. The van der Waals surface area contributed by atoms with E-state index >= 15 is 0 Å². The van der Waals surface area contributed by atoms with Gasteiger partial charge in [-0.3, -0.25) is 15.0 Å². The van der Waals surface area contributed by atoms with Crippen molar-refractivity contribution in [2.24, 2.45) is 5.92 Å². The lowest BCUT2D eigenvalue weighted by Crippen LogP contribution is -2.21. The van der Waals surface area contributed by atoms with Crippen LogP contribution < -0.4 is 5.48 Å². The summed E-state index contributed by atoms with van der Waals surface area (Å²) in [5.41, 5.74) is 3.41. The van der Waals surface area contributed by atoms with Gasteiger partial charge in [-0.15, -0.1) is 0 Å². The van der Waals surface area contributed by atoms with Crippen molar-refractivity contribution < 1.29 is 14.5 Å². The van der Waals surface area contributed by atoms with Crippen LogP contribution in [0, 0.1) is 12.8 Å². The Morgan fingerprint density at radius 3 is 2.85 bits per heavy atom. The van der Waals surface area contributed by atoms with Crippen LogP contribution in [0.1, 0.15) is 75.3 Å². The van der Waals surface area contributed by atoms with Gasteiger partial charge in [0.25, 0.3) is 0 Å². The normalized spacial score (nSPS) is 16.2. The lowest BCUT2D eigenvalue weighted by atomic mass is 9.84. The molecule has 27 heavy (non-hydrogen) atoms. The maximum Gasteiger partial charge on any atom is 0.244 e. The van der Waals surface area contributed by atoms with E-state index in [1.54, 1.807) is 11.7 Å². The number of pyridine rings is 1. The number of nitrogens with zero attached hydrogens (tertiary/aromatic N) is 3. The average molecular weight is 372 g/mol. The molecule has 0 aliphatic heterocycles. The van der Waals surface area contributed by atoms with Crippen molar-refractivity contribution in [2.45, 2.75) is 70.6 Å². The van der Waals surface area contributed by atoms with E-state index < -0.39 is 5.91 Å². The number of amides is 1. The van der Waals surface area contributed by atoms with Crippen LogP contribution in [0.25, 0.3) is 11.4 Å². The van der Waals surface area contributed by atoms with E-state index in [0.717, 1.165) is 30.0 Å². The minimum absolute atomic E-state index is 0.134. The maximum absolute atomic E-state index is 11.7. The summed E-state index contributed by atoms with van der Waals surface area (Å²) in [6.07, 6.45) is 11.5. The van der Waals surface area contributed by atoms with Crippen molar-refractivity contribution in [1.29, 1.82) is 0 Å². The van der Waals surface area contributed by atoms with Crippen molar-refractivity contribution >= 4 is 5.91 Å². The molecule has 7 nitrogen and oxygen atoms in total. The summed E-state index contributed by atoms with van der Waals surface area (Å²) in [5.74, 6) is 1.08. The van der Waals surface area contributed by atoms with Crippen LogP contribution in [0.5, 0.6) is 0 Å². The Balaban J connectivity index is 1.64. The molecule has 1 fully saturated rings. The predicted octanol–water partition coefficient (Wildman–Crippen LogP) is 4.17. The van der Waals surface area contributed by atoms with Gasteiger partial charge < -0.3 is 4.52 Å². The molecule has 2 aromatic heterocycles. The van der Waals surface area contributed by atoms with Crippen molar-refractivity contribution in [3.63, 3.8) is 0 Å². The fraction of sp³-hybridized carbons (Fsp3) is 0.600. The summed E-state index contributed by atoms with van der Waals surface area (Å²) in [6.45, 7) is 1.92. The Morgan fingerprint density at radius 2 is 2.15 bits per heavy atom. The summed E-state index contributed by atoms with van der Waals surface area (Å²) in [6, 6.07) is 3.79.